The SMILES string of the molecule is CC1(C)CC1NCC(=O)NC1CCCCC1. The molecule has 0 spiro atoms. The van der Waals surface area contributed by atoms with E-state index in [1.54, 1.807) is 0 Å². The molecule has 0 aromatic carbocycles. The quantitative estimate of drug-likeness (QED) is 0.765. The molecular weight excluding hydrogens is 200 g/mol. The summed E-state index contributed by atoms with van der Waals surface area (Å²) in [6, 6.07) is 0.986. The van der Waals surface area contributed by atoms with Crippen LogP contribution in [0.5, 0.6) is 0 Å². The molecule has 0 saturated heterocycles. The monoisotopic (exact) mass is 224 g/mol. The van der Waals surface area contributed by atoms with Gasteiger partial charge in [-0.1, -0.05) is 33.1 Å². The third-order valence-corrected chi connectivity index (χ3v) is 3.99. The molecule has 92 valence electrons. The molecule has 1 amide bonds. The van der Waals surface area contributed by atoms with E-state index < -0.39 is 0 Å². The van der Waals surface area contributed by atoms with Crippen LogP contribution in [0.3, 0.4) is 0 Å². The molecule has 2 saturated carbocycles. The van der Waals surface area contributed by atoms with Gasteiger partial charge in [0.2, 0.25) is 5.91 Å². The summed E-state index contributed by atoms with van der Waals surface area (Å²) >= 11 is 0. The predicted octanol–water partition coefficient (Wildman–Crippen LogP) is 1.82. The van der Waals surface area contributed by atoms with Crippen LogP contribution in [0.1, 0.15) is 52.4 Å². The Kier molecular flexibility index (Phi) is 3.53. The summed E-state index contributed by atoms with van der Waals surface area (Å²) in [7, 11) is 0. The highest BCUT2D eigenvalue weighted by Gasteiger charge is 2.45. The van der Waals surface area contributed by atoms with Gasteiger partial charge in [-0.05, 0) is 24.7 Å². The number of nitrogens with one attached hydrogen (secondary N) is 2. The van der Waals surface area contributed by atoms with Gasteiger partial charge in [0.25, 0.3) is 0 Å². The van der Waals surface area contributed by atoms with E-state index in [0.29, 0.717) is 24.0 Å². The van der Waals surface area contributed by atoms with Gasteiger partial charge in [-0.2, -0.15) is 0 Å². The van der Waals surface area contributed by atoms with Crippen LogP contribution in [-0.2, 0) is 4.79 Å². The lowest BCUT2D eigenvalue weighted by Gasteiger charge is -2.22. The van der Waals surface area contributed by atoms with Crippen molar-refractivity contribution in [3.8, 4) is 0 Å². The first-order chi connectivity index (χ1) is 7.58. The lowest BCUT2D eigenvalue weighted by Crippen LogP contribution is -2.42. The molecule has 3 nitrogen and oxygen atoms in total. The standard InChI is InChI=1S/C13H24N2O/c1-13(2)8-11(13)14-9-12(16)15-10-6-4-3-5-7-10/h10-11,14H,3-9H2,1-2H3,(H,15,16). The summed E-state index contributed by atoms with van der Waals surface area (Å²) in [5.41, 5.74) is 0.408. The maximum Gasteiger partial charge on any atom is 0.234 e. The molecule has 0 bridgehead atoms. The van der Waals surface area contributed by atoms with Gasteiger partial charge >= 0.3 is 0 Å². The average Bonchev–Trinajstić information content (AvgIpc) is 2.85. The summed E-state index contributed by atoms with van der Waals surface area (Å²) in [5, 5.41) is 6.45. The number of hydrogen-bond acceptors (Lipinski definition) is 2. The predicted molar refractivity (Wildman–Crippen MR) is 65.2 cm³/mol. The first-order valence-corrected chi connectivity index (χ1v) is 6.61. The van der Waals surface area contributed by atoms with Crippen LogP contribution < -0.4 is 10.6 Å². The Morgan fingerprint density at radius 2 is 1.88 bits per heavy atom. The minimum Gasteiger partial charge on any atom is -0.352 e. The fourth-order valence-electron chi connectivity index (χ4n) is 2.56. The summed E-state index contributed by atoms with van der Waals surface area (Å²) in [6.45, 7) is 4.97. The van der Waals surface area contributed by atoms with E-state index in [9.17, 15) is 4.79 Å². The van der Waals surface area contributed by atoms with Gasteiger partial charge < -0.3 is 10.6 Å². The second kappa shape index (κ2) is 4.74. The number of carbonyl (C=O) groups excluding carboxylic acids is 1. The van der Waals surface area contributed by atoms with Crippen molar-refractivity contribution in [2.75, 3.05) is 6.54 Å². The number of rotatable bonds is 4. The average molecular weight is 224 g/mol. The smallest absolute Gasteiger partial charge is 0.234 e. The van der Waals surface area contributed by atoms with Gasteiger partial charge in [0.1, 0.15) is 0 Å². The lowest BCUT2D eigenvalue weighted by molar-refractivity contribution is -0.121. The summed E-state index contributed by atoms with van der Waals surface area (Å²) in [5.74, 6) is 0.176. The summed E-state index contributed by atoms with van der Waals surface area (Å²) < 4.78 is 0. The first-order valence-electron chi connectivity index (χ1n) is 6.61. The van der Waals surface area contributed by atoms with Crippen molar-refractivity contribution in [2.24, 2.45) is 5.41 Å². The molecular formula is C13H24N2O. The maximum atomic E-state index is 11.7. The van der Waals surface area contributed by atoms with E-state index in [2.05, 4.69) is 24.5 Å². The molecule has 0 heterocycles. The van der Waals surface area contributed by atoms with Crippen molar-refractivity contribution in [1.29, 1.82) is 0 Å². The van der Waals surface area contributed by atoms with E-state index >= 15 is 0 Å². The van der Waals surface area contributed by atoms with Gasteiger partial charge in [-0.15, -0.1) is 0 Å². The van der Waals surface area contributed by atoms with Crippen molar-refractivity contribution in [3.63, 3.8) is 0 Å². The fraction of sp³-hybridized carbons (Fsp3) is 0.923. The minimum atomic E-state index is 0.176. The Morgan fingerprint density at radius 1 is 1.25 bits per heavy atom. The zero-order valence-corrected chi connectivity index (χ0v) is 10.5. The molecule has 0 aromatic rings. The van der Waals surface area contributed by atoms with Crippen LogP contribution in [0.2, 0.25) is 0 Å². The molecule has 2 rings (SSSR count). The molecule has 0 radical (unpaired) electrons. The normalized spacial score (nSPS) is 28.8. The van der Waals surface area contributed by atoms with E-state index in [0.717, 1.165) is 0 Å². The molecule has 2 aliphatic rings. The van der Waals surface area contributed by atoms with Crippen molar-refractivity contribution in [1.82, 2.24) is 10.6 Å². The van der Waals surface area contributed by atoms with Crippen molar-refractivity contribution >= 4 is 5.91 Å². The molecule has 2 fully saturated rings. The molecule has 1 atom stereocenters. The van der Waals surface area contributed by atoms with Crippen LogP contribution in [0.15, 0.2) is 0 Å². The highest BCUT2D eigenvalue weighted by molar-refractivity contribution is 5.78. The van der Waals surface area contributed by atoms with Crippen molar-refractivity contribution in [3.05, 3.63) is 0 Å². The summed E-state index contributed by atoms with van der Waals surface area (Å²) in [4.78, 5) is 11.7. The fourth-order valence-corrected chi connectivity index (χ4v) is 2.56. The molecule has 1 unspecified atom stereocenters. The first kappa shape index (κ1) is 11.9. The molecule has 2 aliphatic carbocycles. The van der Waals surface area contributed by atoms with E-state index in [4.69, 9.17) is 0 Å². The molecule has 2 N–H and O–H groups in total. The van der Waals surface area contributed by atoms with Gasteiger partial charge in [-0.3, -0.25) is 4.79 Å². The van der Waals surface area contributed by atoms with Gasteiger partial charge in [0, 0.05) is 12.1 Å². The lowest BCUT2D eigenvalue weighted by atomic mass is 9.95. The highest BCUT2D eigenvalue weighted by atomic mass is 16.2. The Morgan fingerprint density at radius 3 is 2.44 bits per heavy atom. The number of hydrogen-bond donors (Lipinski definition) is 2. The van der Waals surface area contributed by atoms with Crippen molar-refractivity contribution < 1.29 is 4.79 Å². The highest BCUT2D eigenvalue weighted by Crippen LogP contribution is 2.44. The number of carbonyl (C=O) groups is 1. The second-order valence-corrected chi connectivity index (χ2v) is 6.03. The number of amides is 1. The largest absolute Gasteiger partial charge is 0.352 e. The van der Waals surface area contributed by atoms with Crippen LogP contribution in [0, 0.1) is 5.41 Å². The zero-order valence-electron chi connectivity index (χ0n) is 10.5. The van der Waals surface area contributed by atoms with E-state index in [1.807, 2.05) is 0 Å². The molecule has 3 heteroatoms. The molecule has 0 aliphatic heterocycles. The Labute approximate surface area is 98.4 Å². The van der Waals surface area contributed by atoms with Crippen molar-refractivity contribution in [2.45, 2.75) is 64.5 Å². The van der Waals surface area contributed by atoms with Crippen LogP contribution in [0.4, 0.5) is 0 Å². The Bertz CT molecular complexity index is 257. The second-order valence-electron chi connectivity index (χ2n) is 6.03. The van der Waals surface area contributed by atoms with E-state index in [-0.39, 0.29) is 5.91 Å². The third kappa shape index (κ3) is 3.21. The van der Waals surface area contributed by atoms with Gasteiger partial charge in [-0.25, -0.2) is 0 Å². The summed E-state index contributed by atoms with van der Waals surface area (Å²) in [6.07, 6.45) is 7.41. The molecule has 16 heavy (non-hydrogen) atoms. The molecule has 0 aromatic heterocycles. The van der Waals surface area contributed by atoms with Crippen LogP contribution in [0.25, 0.3) is 0 Å². The Balaban J connectivity index is 1.61. The maximum absolute atomic E-state index is 11.7. The minimum absolute atomic E-state index is 0.176. The van der Waals surface area contributed by atoms with Gasteiger partial charge in [0.15, 0.2) is 0 Å². The zero-order chi connectivity index (χ0) is 11.6. The third-order valence-electron chi connectivity index (χ3n) is 3.99. The topological polar surface area (TPSA) is 41.1 Å². The van der Waals surface area contributed by atoms with E-state index in [1.165, 1.54) is 38.5 Å². The van der Waals surface area contributed by atoms with Gasteiger partial charge in [0.05, 0.1) is 6.54 Å². The Hall–Kier alpha value is -0.570. The van der Waals surface area contributed by atoms with Crippen LogP contribution >= 0.6 is 0 Å². The van der Waals surface area contributed by atoms with Crippen LogP contribution in [-0.4, -0.2) is 24.5 Å².